The van der Waals surface area contributed by atoms with Crippen molar-refractivity contribution in [3.05, 3.63) is 59.9 Å². The van der Waals surface area contributed by atoms with Crippen LogP contribution in [0.2, 0.25) is 0 Å². The Morgan fingerprint density at radius 2 is 1.66 bits per heavy atom. The first kappa shape index (κ1) is 24.9. The van der Waals surface area contributed by atoms with Crippen LogP contribution in [-0.4, -0.2) is 59.8 Å². The van der Waals surface area contributed by atoms with Crippen molar-refractivity contribution in [3.63, 3.8) is 0 Å². The molecule has 0 bridgehead atoms. The summed E-state index contributed by atoms with van der Waals surface area (Å²) >= 11 is 1.73. The first-order valence-electron chi connectivity index (χ1n) is 11.3. The Morgan fingerprint density at radius 3 is 2.34 bits per heavy atom. The number of carbonyl (C=O) groups is 1. The number of ether oxygens (including phenoxy) is 1. The van der Waals surface area contributed by atoms with Gasteiger partial charge in [0.1, 0.15) is 6.10 Å². The van der Waals surface area contributed by atoms with E-state index in [9.17, 15) is 9.18 Å². The molecule has 2 saturated heterocycles. The highest BCUT2D eigenvalue weighted by Gasteiger charge is 2.31. The molecule has 2 heterocycles. The molecule has 2 aromatic rings. The molecule has 0 atom stereocenters. The molecular weight excluding hydrogens is 447 g/mol. The number of benzene rings is 2. The van der Waals surface area contributed by atoms with E-state index in [2.05, 4.69) is 11.8 Å². The number of halogens is 2. The number of hydrogen-bond donors (Lipinski definition) is 0. The molecule has 2 aromatic carbocycles. The Hall–Kier alpha value is -1.76. The molecule has 32 heavy (non-hydrogen) atoms. The van der Waals surface area contributed by atoms with Gasteiger partial charge < -0.3 is 9.64 Å². The number of rotatable bonds is 6. The fourth-order valence-corrected chi connectivity index (χ4v) is 5.40. The van der Waals surface area contributed by atoms with E-state index >= 15 is 0 Å². The van der Waals surface area contributed by atoms with Gasteiger partial charge in [-0.15, -0.1) is 24.2 Å². The van der Waals surface area contributed by atoms with E-state index in [1.807, 2.05) is 35.2 Å². The van der Waals surface area contributed by atoms with Crippen molar-refractivity contribution in [2.24, 2.45) is 0 Å². The van der Waals surface area contributed by atoms with Crippen LogP contribution in [0.5, 0.6) is 5.75 Å². The number of likely N-dealkylation sites (tertiary alicyclic amines) is 2. The number of piperidine rings is 2. The Morgan fingerprint density at radius 1 is 1.00 bits per heavy atom. The molecule has 2 aliphatic heterocycles. The van der Waals surface area contributed by atoms with Crippen LogP contribution < -0.4 is 4.74 Å². The summed E-state index contributed by atoms with van der Waals surface area (Å²) < 4.78 is 19.7. The van der Waals surface area contributed by atoms with Crippen LogP contribution in [0.1, 0.15) is 43.0 Å². The minimum absolute atomic E-state index is 0. The molecule has 1 amide bonds. The van der Waals surface area contributed by atoms with Crippen LogP contribution in [0.4, 0.5) is 4.39 Å². The second-order valence-electron chi connectivity index (χ2n) is 8.24. The van der Waals surface area contributed by atoms with Gasteiger partial charge in [-0.3, -0.25) is 9.69 Å². The van der Waals surface area contributed by atoms with E-state index in [4.69, 9.17) is 4.74 Å². The molecule has 4 nitrogen and oxygen atoms in total. The Balaban J connectivity index is 0.00000289. The van der Waals surface area contributed by atoms with Crippen molar-refractivity contribution in [3.8, 4) is 5.75 Å². The van der Waals surface area contributed by atoms with Crippen LogP contribution >= 0.6 is 24.2 Å². The zero-order chi connectivity index (χ0) is 21.6. The van der Waals surface area contributed by atoms with Crippen molar-refractivity contribution in [2.75, 3.05) is 31.9 Å². The third-order valence-electron chi connectivity index (χ3n) is 6.29. The predicted octanol–water partition coefficient (Wildman–Crippen LogP) is 5.51. The molecule has 2 aliphatic rings. The van der Waals surface area contributed by atoms with Gasteiger partial charge in [0.2, 0.25) is 0 Å². The second kappa shape index (κ2) is 11.9. The SMILES string of the molecule is CCSc1ccccc1C(=O)N1CCC(N2CCC(Oc3ccccc3F)CC2)CC1.Cl. The smallest absolute Gasteiger partial charge is 0.254 e. The summed E-state index contributed by atoms with van der Waals surface area (Å²) in [6.07, 6.45) is 3.91. The maximum atomic E-state index is 13.8. The maximum Gasteiger partial charge on any atom is 0.254 e. The molecular formula is C25H32ClFN2O2S. The van der Waals surface area contributed by atoms with Gasteiger partial charge in [0.05, 0.1) is 5.56 Å². The zero-order valence-corrected chi connectivity index (χ0v) is 20.2. The minimum Gasteiger partial charge on any atom is -0.487 e. The van der Waals surface area contributed by atoms with Crippen LogP contribution in [0, 0.1) is 5.82 Å². The average Bonchev–Trinajstić information content (AvgIpc) is 2.81. The Kier molecular flexibility index (Phi) is 9.26. The molecule has 0 saturated carbocycles. The fraction of sp³-hybridized carbons (Fsp3) is 0.480. The van der Waals surface area contributed by atoms with E-state index in [0.717, 1.165) is 68.1 Å². The number of thioether (sulfide) groups is 1. The van der Waals surface area contributed by atoms with E-state index in [1.165, 1.54) is 6.07 Å². The molecule has 2 fully saturated rings. The summed E-state index contributed by atoms with van der Waals surface area (Å²) in [6, 6.07) is 15.1. The van der Waals surface area contributed by atoms with Gasteiger partial charge in [-0.2, -0.15) is 0 Å². The summed E-state index contributed by atoms with van der Waals surface area (Å²) in [4.78, 5) is 18.7. The van der Waals surface area contributed by atoms with E-state index in [1.54, 1.807) is 23.9 Å². The summed E-state index contributed by atoms with van der Waals surface area (Å²) in [5.74, 6) is 1.19. The first-order chi connectivity index (χ1) is 15.2. The van der Waals surface area contributed by atoms with Crippen LogP contribution in [0.3, 0.4) is 0 Å². The van der Waals surface area contributed by atoms with Crippen molar-refractivity contribution < 1.29 is 13.9 Å². The van der Waals surface area contributed by atoms with Gasteiger partial charge >= 0.3 is 0 Å². The number of nitrogens with zero attached hydrogens (tertiary/aromatic N) is 2. The summed E-state index contributed by atoms with van der Waals surface area (Å²) in [7, 11) is 0. The monoisotopic (exact) mass is 478 g/mol. The molecule has 0 aliphatic carbocycles. The molecule has 0 radical (unpaired) electrons. The summed E-state index contributed by atoms with van der Waals surface area (Å²) in [6.45, 7) is 5.66. The van der Waals surface area contributed by atoms with Gasteiger partial charge in [0, 0.05) is 37.1 Å². The highest BCUT2D eigenvalue weighted by atomic mass is 35.5. The molecule has 0 unspecified atom stereocenters. The molecule has 174 valence electrons. The standard InChI is InChI=1S/C25H31FN2O2S.ClH/c1-2-31-24-10-6-3-7-21(24)25(29)28-15-11-19(12-16-28)27-17-13-20(14-18-27)30-23-9-5-4-8-22(23)26;/h3-10,19-20H,2,11-18H2,1H3;1H. The van der Waals surface area contributed by atoms with E-state index in [-0.39, 0.29) is 30.2 Å². The topological polar surface area (TPSA) is 32.8 Å². The second-order valence-corrected chi connectivity index (χ2v) is 9.54. The normalized spacial score (nSPS) is 18.2. The highest BCUT2D eigenvalue weighted by molar-refractivity contribution is 7.99. The van der Waals surface area contributed by atoms with Crippen molar-refractivity contribution >= 4 is 30.1 Å². The molecule has 0 N–H and O–H groups in total. The predicted molar refractivity (Wildman–Crippen MR) is 131 cm³/mol. The van der Waals surface area contributed by atoms with E-state index < -0.39 is 0 Å². The first-order valence-corrected chi connectivity index (χ1v) is 12.3. The van der Waals surface area contributed by atoms with Crippen LogP contribution in [0.25, 0.3) is 0 Å². The van der Waals surface area contributed by atoms with Gasteiger partial charge in [-0.1, -0.05) is 31.2 Å². The largest absolute Gasteiger partial charge is 0.487 e. The van der Waals surface area contributed by atoms with Gasteiger partial charge in [0.25, 0.3) is 5.91 Å². The Bertz CT molecular complexity index is 884. The number of amides is 1. The fourth-order valence-electron chi connectivity index (χ4n) is 4.61. The highest BCUT2D eigenvalue weighted by Crippen LogP contribution is 2.27. The molecule has 0 spiro atoms. The zero-order valence-electron chi connectivity index (χ0n) is 18.5. The van der Waals surface area contributed by atoms with Crippen LogP contribution in [0.15, 0.2) is 53.4 Å². The van der Waals surface area contributed by atoms with Crippen molar-refractivity contribution in [2.45, 2.75) is 49.6 Å². The lowest BCUT2D eigenvalue weighted by molar-refractivity contribution is 0.0415. The quantitative estimate of drug-likeness (QED) is 0.513. The molecule has 4 rings (SSSR count). The third kappa shape index (κ3) is 5.97. The lowest BCUT2D eigenvalue weighted by Crippen LogP contribution is -2.50. The minimum atomic E-state index is -0.291. The van der Waals surface area contributed by atoms with Crippen LogP contribution in [-0.2, 0) is 0 Å². The third-order valence-corrected chi connectivity index (χ3v) is 7.25. The average molecular weight is 479 g/mol. The number of carbonyl (C=O) groups excluding carboxylic acids is 1. The molecule has 0 aromatic heterocycles. The maximum absolute atomic E-state index is 13.8. The van der Waals surface area contributed by atoms with Crippen molar-refractivity contribution in [1.82, 2.24) is 9.80 Å². The number of hydrogen-bond acceptors (Lipinski definition) is 4. The molecule has 7 heteroatoms. The summed E-state index contributed by atoms with van der Waals surface area (Å²) in [5, 5.41) is 0. The lowest BCUT2D eigenvalue weighted by atomic mass is 9.98. The van der Waals surface area contributed by atoms with Gasteiger partial charge in [-0.25, -0.2) is 4.39 Å². The lowest BCUT2D eigenvalue weighted by Gasteiger charge is -2.41. The number of para-hydroxylation sites is 1. The van der Waals surface area contributed by atoms with Gasteiger partial charge in [-0.05, 0) is 55.7 Å². The van der Waals surface area contributed by atoms with Gasteiger partial charge in [0.15, 0.2) is 11.6 Å². The van der Waals surface area contributed by atoms with E-state index in [0.29, 0.717) is 11.8 Å². The Labute approximate surface area is 200 Å². The summed E-state index contributed by atoms with van der Waals surface area (Å²) in [5.41, 5.74) is 0.832. The van der Waals surface area contributed by atoms with Crippen molar-refractivity contribution in [1.29, 1.82) is 0 Å².